The van der Waals surface area contributed by atoms with Crippen molar-refractivity contribution in [3.63, 3.8) is 0 Å². The summed E-state index contributed by atoms with van der Waals surface area (Å²) in [6.07, 6.45) is -0.395. The number of hydrogen-bond acceptors (Lipinski definition) is 5. The molecule has 0 saturated carbocycles. The zero-order chi connectivity index (χ0) is 15.3. The van der Waals surface area contributed by atoms with Gasteiger partial charge in [-0.1, -0.05) is 12.1 Å². The molecule has 1 unspecified atom stereocenters. The van der Waals surface area contributed by atoms with Crippen molar-refractivity contribution in [2.24, 2.45) is 0 Å². The Kier molecular flexibility index (Phi) is 2.76. The number of rotatable bonds is 2. The third kappa shape index (κ3) is 1.89. The van der Waals surface area contributed by atoms with Gasteiger partial charge in [0.1, 0.15) is 0 Å². The quantitative estimate of drug-likeness (QED) is 0.798. The van der Waals surface area contributed by atoms with Crippen LogP contribution in [0, 0.1) is 0 Å². The Hall–Kier alpha value is -2.69. The van der Waals surface area contributed by atoms with Crippen LogP contribution in [0.2, 0.25) is 0 Å². The summed E-state index contributed by atoms with van der Waals surface area (Å²) >= 11 is 0. The summed E-state index contributed by atoms with van der Waals surface area (Å²) in [7, 11) is 3.88. The maximum atomic E-state index is 12.2. The van der Waals surface area contributed by atoms with E-state index in [4.69, 9.17) is 14.2 Å². The Morgan fingerprint density at radius 2 is 1.86 bits per heavy atom. The van der Waals surface area contributed by atoms with Crippen LogP contribution in [0.4, 0.5) is 5.69 Å². The van der Waals surface area contributed by atoms with Gasteiger partial charge in [-0.3, -0.25) is 0 Å². The molecule has 0 saturated heterocycles. The highest BCUT2D eigenvalue weighted by molar-refractivity contribution is 5.95. The van der Waals surface area contributed by atoms with Gasteiger partial charge in [-0.2, -0.15) is 0 Å². The minimum Gasteiger partial charge on any atom is -0.454 e. The second-order valence-corrected chi connectivity index (χ2v) is 5.56. The third-order valence-electron chi connectivity index (χ3n) is 3.98. The first-order valence-electron chi connectivity index (χ1n) is 7.05. The summed E-state index contributed by atoms with van der Waals surface area (Å²) < 4.78 is 16.3. The second kappa shape index (κ2) is 4.66. The number of anilines is 1. The molecule has 22 heavy (non-hydrogen) atoms. The fraction of sp³-hybridized carbons (Fsp3) is 0.235. The molecule has 0 spiro atoms. The van der Waals surface area contributed by atoms with Crippen LogP contribution in [0.25, 0.3) is 0 Å². The molecule has 5 heteroatoms. The van der Waals surface area contributed by atoms with Crippen molar-refractivity contribution in [1.82, 2.24) is 0 Å². The Balaban J connectivity index is 1.76. The number of esters is 1. The largest absolute Gasteiger partial charge is 0.454 e. The van der Waals surface area contributed by atoms with Gasteiger partial charge in [-0.25, -0.2) is 4.79 Å². The molecule has 0 fully saturated rings. The maximum Gasteiger partial charge on any atom is 0.339 e. The summed E-state index contributed by atoms with van der Waals surface area (Å²) in [6, 6.07) is 11.4. The van der Waals surface area contributed by atoms with E-state index in [9.17, 15) is 4.79 Å². The topological polar surface area (TPSA) is 48.0 Å². The number of hydrogen-bond donors (Lipinski definition) is 0. The molecule has 112 valence electrons. The number of ether oxygens (including phenoxy) is 3. The average Bonchev–Trinajstić information content (AvgIpc) is 3.11. The van der Waals surface area contributed by atoms with E-state index >= 15 is 0 Å². The van der Waals surface area contributed by atoms with Crippen LogP contribution in [-0.2, 0) is 4.74 Å². The molecule has 0 aromatic heterocycles. The first-order valence-corrected chi connectivity index (χ1v) is 7.05. The molecular weight excluding hydrogens is 282 g/mol. The fourth-order valence-corrected chi connectivity index (χ4v) is 2.79. The molecule has 2 aromatic rings. The Morgan fingerprint density at radius 3 is 2.68 bits per heavy atom. The van der Waals surface area contributed by atoms with Gasteiger partial charge in [0.15, 0.2) is 17.6 Å². The predicted octanol–water partition coefficient (Wildman–Crippen LogP) is 2.74. The van der Waals surface area contributed by atoms with Gasteiger partial charge >= 0.3 is 5.97 Å². The van der Waals surface area contributed by atoms with Crippen molar-refractivity contribution in [2.45, 2.75) is 6.10 Å². The van der Waals surface area contributed by atoms with E-state index in [1.165, 1.54) is 0 Å². The number of nitrogens with zero attached hydrogens (tertiary/aromatic N) is 1. The molecule has 2 heterocycles. The van der Waals surface area contributed by atoms with E-state index < -0.39 is 6.10 Å². The van der Waals surface area contributed by atoms with E-state index in [-0.39, 0.29) is 12.8 Å². The van der Waals surface area contributed by atoms with E-state index in [2.05, 4.69) is 0 Å². The van der Waals surface area contributed by atoms with Gasteiger partial charge in [-0.15, -0.1) is 0 Å². The minimum absolute atomic E-state index is 0.228. The fourth-order valence-electron chi connectivity index (χ4n) is 2.79. The lowest BCUT2D eigenvalue weighted by atomic mass is 9.98. The highest BCUT2D eigenvalue weighted by Gasteiger charge is 2.33. The molecule has 0 aliphatic carbocycles. The van der Waals surface area contributed by atoms with Gasteiger partial charge < -0.3 is 19.1 Å². The maximum absolute atomic E-state index is 12.2. The highest BCUT2D eigenvalue weighted by atomic mass is 16.7. The zero-order valence-electron chi connectivity index (χ0n) is 12.3. The number of carbonyl (C=O) groups excluding carboxylic acids is 1. The first kappa shape index (κ1) is 13.0. The Bertz CT molecular complexity index is 769. The molecule has 0 radical (unpaired) electrons. The number of cyclic esters (lactones) is 1. The van der Waals surface area contributed by atoms with E-state index in [0.29, 0.717) is 11.3 Å². The van der Waals surface area contributed by atoms with Gasteiger partial charge in [0, 0.05) is 30.9 Å². The molecule has 2 aliphatic rings. The minimum atomic E-state index is -0.395. The van der Waals surface area contributed by atoms with Gasteiger partial charge in [-0.05, 0) is 24.3 Å². The molecule has 1 atom stereocenters. The summed E-state index contributed by atoms with van der Waals surface area (Å²) in [5.41, 5.74) is 3.36. The van der Waals surface area contributed by atoms with Gasteiger partial charge in [0.25, 0.3) is 0 Å². The van der Waals surface area contributed by atoms with Crippen LogP contribution in [-0.4, -0.2) is 26.9 Å². The van der Waals surface area contributed by atoms with E-state index in [1.54, 1.807) is 0 Å². The summed E-state index contributed by atoms with van der Waals surface area (Å²) in [6.45, 7) is 0.228. The van der Waals surface area contributed by atoms with Crippen LogP contribution in [0.1, 0.15) is 27.6 Å². The number of benzene rings is 2. The van der Waals surface area contributed by atoms with Crippen LogP contribution in [0.5, 0.6) is 11.5 Å². The number of fused-ring (bicyclic) bond motifs is 2. The van der Waals surface area contributed by atoms with Crippen molar-refractivity contribution >= 4 is 11.7 Å². The summed E-state index contributed by atoms with van der Waals surface area (Å²) in [4.78, 5) is 14.1. The van der Waals surface area contributed by atoms with Crippen molar-refractivity contribution in [1.29, 1.82) is 0 Å². The molecule has 5 nitrogen and oxygen atoms in total. The lowest BCUT2D eigenvalue weighted by Crippen LogP contribution is -2.09. The van der Waals surface area contributed by atoms with Crippen LogP contribution < -0.4 is 14.4 Å². The Labute approximate surface area is 128 Å². The van der Waals surface area contributed by atoms with Crippen LogP contribution in [0.15, 0.2) is 36.4 Å². The van der Waals surface area contributed by atoms with E-state index in [1.807, 2.05) is 55.4 Å². The van der Waals surface area contributed by atoms with Crippen molar-refractivity contribution in [3.05, 3.63) is 53.1 Å². The molecule has 0 N–H and O–H groups in total. The molecular formula is C17H15NO4. The summed E-state index contributed by atoms with van der Waals surface area (Å²) in [5, 5.41) is 0. The van der Waals surface area contributed by atoms with Gasteiger partial charge in [0.2, 0.25) is 6.79 Å². The SMILES string of the molecule is CN(C)c1ccc2c(c1)C(=O)OC2c1ccc2c(c1)OCO2. The Morgan fingerprint density at radius 1 is 1.05 bits per heavy atom. The van der Waals surface area contributed by atoms with Crippen LogP contribution >= 0.6 is 0 Å². The van der Waals surface area contributed by atoms with Crippen LogP contribution in [0.3, 0.4) is 0 Å². The second-order valence-electron chi connectivity index (χ2n) is 5.56. The monoisotopic (exact) mass is 297 g/mol. The van der Waals surface area contributed by atoms with Crippen molar-refractivity contribution < 1.29 is 19.0 Å². The lowest BCUT2D eigenvalue weighted by Gasteiger charge is -2.14. The summed E-state index contributed by atoms with van der Waals surface area (Å²) in [5.74, 6) is 1.12. The molecule has 2 aliphatic heterocycles. The molecule has 0 amide bonds. The standard InChI is InChI=1S/C17H15NO4/c1-18(2)11-4-5-12-13(8-11)17(19)22-16(12)10-3-6-14-15(7-10)21-9-20-14/h3-8,16H,9H2,1-2H3. The van der Waals surface area contributed by atoms with Gasteiger partial charge in [0.05, 0.1) is 5.56 Å². The predicted molar refractivity (Wildman–Crippen MR) is 80.6 cm³/mol. The molecule has 2 aromatic carbocycles. The van der Waals surface area contributed by atoms with Crippen molar-refractivity contribution in [2.75, 3.05) is 25.8 Å². The zero-order valence-corrected chi connectivity index (χ0v) is 12.3. The van der Waals surface area contributed by atoms with E-state index in [0.717, 1.165) is 22.6 Å². The smallest absolute Gasteiger partial charge is 0.339 e. The third-order valence-corrected chi connectivity index (χ3v) is 3.98. The molecule has 4 rings (SSSR count). The normalized spacial score (nSPS) is 18.1. The number of carbonyl (C=O) groups is 1. The molecule has 0 bridgehead atoms. The first-order chi connectivity index (χ1) is 10.6. The highest BCUT2D eigenvalue weighted by Crippen LogP contribution is 2.41. The van der Waals surface area contributed by atoms with Crippen molar-refractivity contribution in [3.8, 4) is 11.5 Å². The average molecular weight is 297 g/mol. The lowest BCUT2D eigenvalue weighted by molar-refractivity contribution is 0.0455.